The van der Waals surface area contributed by atoms with Gasteiger partial charge in [-0.25, -0.2) is 4.98 Å². The van der Waals surface area contributed by atoms with Gasteiger partial charge in [-0.3, -0.25) is 0 Å². The molecule has 0 atom stereocenters. The van der Waals surface area contributed by atoms with Crippen LogP contribution in [-0.2, 0) is 23.1 Å². The molecular formula is C36H45N3O5S. The fourth-order valence-electron chi connectivity index (χ4n) is 5.73. The lowest BCUT2D eigenvalue weighted by atomic mass is 9.85. The highest BCUT2D eigenvalue weighted by molar-refractivity contribution is 7.87. The van der Waals surface area contributed by atoms with Crippen molar-refractivity contribution < 1.29 is 22.1 Å². The van der Waals surface area contributed by atoms with Crippen LogP contribution in [-0.4, -0.2) is 25.5 Å². The predicted molar refractivity (Wildman–Crippen MR) is 179 cm³/mol. The summed E-state index contributed by atoms with van der Waals surface area (Å²) in [5, 5.41) is 0. The number of ether oxygens (including phenoxy) is 2. The SMILES string of the molecule is COc1cc(OCc2ccccc2)ccc1Cc1c(C)nc(N)nc1OS(=O)(=O)c1c(C(C)C)cc(C(C)C)c(C)c1C(C)C. The lowest BCUT2D eigenvalue weighted by molar-refractivity contribution is 0.303. The number of nitrogens with two attached hydrogens (primary N) is 1. The second-order valence-electron chi connectivity index (χ2n) is 12.3. The van der Waals surface area contributed by atoms with Crippen molar-refractivity contribution in [2.75, 3.05) is 12.8 Å². The zero-order chi connectivity index (χ0) is 33.1. The lowest BCUT2D eigenvalue weighted by Gasteiger charge is -2.25. The maximum absolute atomic E-state index is 14.3. The summed E-state index contributed by atoms with van der Waals surface area (Å²) in [4.78, 5) is 8.83. The third kappa shape index (κ3) is 7.59. The number of hydrogen-bond donors (Lipinski definition) is 1. The Morgan fingerprint density at radius 1 is 0.844 bits per heavy atom. The first-order chi connectivity index (χ1) is 21.2. The van der Waals surface area contributed by atoms with Crippen LogP contribution in [0.4, 0.5) is 5.95 Å². The number of methoxy groups -OCH3 is 1. The Balaban J connectivity index is 1.75. The number of benzene rings is 3. The molecule has 2 N–H and O–H groups in total. The van der Waals surface area contributed by atoms with Crippen LogP contribution in [0.1, 0.15) is 104 Å². The number of nitrogen functional groups attached to an aromatic ring is 1. The molecule has 4 rings (SSSR count). The molecule has 0 aliphatic carbocycles. The summed E-state index contributed by atoms with van der Waals surface area (Å²) in [6.45, 7) is 16.4. The first kappa shape index (κ1) is 33.8. The van der Waals surface area contributed by atoms with Crippen molar-refractivity contribution in [3.63, 3.8) is 0 Å². The van der Waals surface area contributed by atoms with Gasteiger partial charge in [-0.15, -0.1) is 0 Å². The third-order valence-corrected chi connectivity index (χ3v) is 9.32. The van der Waals surface area contributed by atoms with Gasteiger partial charge in [0.25, 0.3) is 0 Å². The molecule has 0 amide bonds. The second-order valence-corrected chi connectivity index (χ2v) is 13.8. The van der Waals surface area contributed by atoms with Gasteiger partial charge < -0.3 is 19.4 Å². The predicted octanol–water partition coefficient (Wildman–Crippen LogP) is 7.99. The summed E-state index contributed by atoms with van der Waals surface area (Å²) in [5.74, 6) is 1.18. The smallest absolute Gasteiger partial charge is 0.341 e. The minimum absolute atomic E-state index is 0.0573. The van der Waals surface area contributed by atoms with Crippen LogP contribution in [0, 0.1) is 13.8 Å². The van der Waals surface area contributed by atoms with Crippen LogP contribution in [0.2, 0.25) is 0 Å². The van der Waals surface area contributed by atoms with E-state index in [-0.39, 0.29) is 40.9 Å². The van der Waals surface area contributed by atoms with Crippen LogP contribution in [0.25, 0.3) is 0 Å². The average Bonchev–Trinajstić information content (AvgIpc) is 2.97. The number of rotatable bonds is 12. The van der Waals surface area contributed by atoms with Crippen molar-refractivity contribution in [2.45, 2.75) is 91.1 Å². The minimum Gasteiger partial charge on any atom is -0.496 e. The Morgan fingerprint density at radius 2 is 1.51 bits per heavy atom. The summed E-state index contributed by atoms with van der Waals surface area (Å²) < 4.78 is 46.3. The summed E-state index contributed by atoms with van der Waals surface area (Å²) in [6, 6.07) is 17.5. The number of aromatic nitrogens is 2. The van der Waals surface area contributed by atoms with E-state index in [0.29, 0.717) is 29.4 Å². The number of hydrogen-bond acceptors (Lipinski definition) is 8. The molecule has 0 aliphatic rings. The van der Waals surface area contributed by atoms with Gasteiger partial charge >= 0.3 is 10.1 Å². The second kappa shape index (κ2) is 13.9. The molecule has 0 saturated carbocycles. The van der Waals surface area contributed by atoms with E-state index in [4.69, 9.17) is 19.4 Å². The molecule has 3 aromatic carbocycles. The van der Waals surface area contributed by atoms with Crippen LogP contribution in [0.15, 0.2) is 59.5 Å². The summed E-state index contributed by atoms with van der Waals surface area (Å²) in [7, 11) is -2.75. The van der Waals surface area contributed by atoms with E-state index >= 15 is 0 Å². The fraction of sp³-hybridized carbons (Fsp3) is 0.389. The van der Waals surface area contributed by atoms with Crippen molar-refractivity contribution in [3.8, 4) is 17.4 Å². The van der Waals surface area contributed by atoms with Crippen molar-refractivity contribution in [1.82, 2.24) is 9.97 Å². The lowest BCUT2D eigenvalue weighted by Crippen LogP contribution is -2.20. The molecule has 0 fully saturated rings. The van der Waals surface area contributed by atoms with Crippen molar-refractivity contribution in [2.24, 2.45) is 0 Å². The monoisotopic (exact) mass is 631 g/mol. The van der Waals surface area contributed by atoms with E-state index in [2.05, 4.69) is 23.8 Å². The van der Waals surface area contributed by atoms with Gasteiger partial charge in [-0.2, -0.15) is 13.4 Å². The van der Waals surface area contributed by atoms with E-state index in [1.807, 2.05) is 89.2 Å². The molecule has 1 heterocycles. The van der Waals surface area contributed by atoms with Crippen LogP contribution >= 0.6 is 0 Å². The van der Waals surface area contributed by atoms with Crippen molar-refractivity contribution in [1.29, 1.82) is 0 Å². The Morgan fingerprint density at radius 3 is 2.11 bits per heavy atom. The zero-order valence-corrected chi connectivity index (χ0v) is 28.6. The molecule has 240 valence electrons. The van der Waals surface area contributed by atoms with E-state index in [0.717, 1.165) is 33.4 Å². The maximum atomic E-state index is 14.3. The van der Waals surface area contributed by atoms with Gasteiger partial charge in [0.1, 0.15) is 23.0 Å². The van der Waals surface area contributed by atoms with E-state index < -0.39 is 10.1 Å². The van der Waals surface area contributed by atoms with Crippen molar-refractivity contribution in [3.05, 3.63) is 99.2 Å². The molecule has 45 heavy (non-hydrogen) atoms. The van der Waals surface area contributed by atoms with Crippen molar-refractivity contribution >= 4 is 16.1 Å². The van der Waals surface area contributed by atoms with Crippen LogP contribution < -0.4 is 19.4 Å². The Labute approximate surface area is 268 Å². The Kier molecular flexibility index (Phi) is 10.4. The van der Waals surface area contributed by atoms with Crippen LogP contribution in [0.5, 0.6) is 17.4 Å². The van der Waals surface area contributed by atoms with Gasteiger partial charge in [-0.05, 0) is 71.0 Å². The van der Waals surface area contributed by atoms with Gasteiger partial charge in [0.05, 0.1) is 12.8 Å². The molecule has 9 heteroatoms. The molecule has 0 unspecified atom stereocenters. The topological polar surface area (TPSA) is 114 Å². The molecule has 0 aliphatic heterocycles. The standard InChI is InChI=1S/C36H45N3O5S/c1-21(2)29-19-30(22(3)4)34(33(23(5)6)24(29)7)45(40,41)44-35-31(25(8)38-36(37)39-35)17-27-15-16-28(18-32(27)42-9)43-20-26-13-11-10-12-14-26/h10-16,18-19,21-23H,17,20H2,1-9H3,(H2,37,38,39). The quantitative estimate of drug-likeness (QED) is 0.157. The number of aryl methyl sites for hydroxylation is 1. The zero-order valence-electron chi connectivity index (χ0n) is 27.8. The van der Waals surface area contributed by atoms with Gasteiger partial charge in [-0.1, -0.05) is 84.0 Å². The van der Waals surface area contributed by atoms with E-state index in [1.54, 1.807) is 14.0 Å². The molecule has 1 aromatic heterocycles. The minimum atomic E-state index is -4.33. The maximum Gasteiger partial charge on any atom is 0.341 e. The van der Waals surface area contributed by atoms with Gasteiger partial charge in [0, 0.05) is 18.1 Å². The summed E-state index contributed by atoms with van der Waals surface area (Å²) >= 11 is 0. The van der Waals surface area contributed by atoms with E-state index in [1.165, 1.54) is 0 Å². The van der Waals surface area contributed by atoms with Crippen LogP contribution in [0.3, 0.4) is 0 Å². The molecule has 8 nitrogen and oxygen atoms in total. The fourth-order valence-corrected chi connectivity index (χ4v) is 7.40. The van der Waals surface area contributed by atoms with Gasteiger partial charge in [0.15, 0.2) is 0 Å². The molecule has 4 aromatic rings. The molecule has 0 saturated heterocycles. The third-order valence-electron chi connectivity index (χ3n) is 7.98. The highest BCUT2D eigenvalue weighted by Gasteiger charge is 2.32. The first-order valence-corrected chi connectivity index (χ1v) is 16.7. The normalized spacial score (nSPS) is 11.8. The van der Waals surface area contributed by atoms with Gasteiger partial charge in [0.2, 0.25) is 11.8 Å². The summed E-state index contributed by atoms with van der Waals surface area (Å²) in [6.07, 6.45) is 0.249. The Hall–Kier alpha value is -4.11. The first-order valence-electron chi connectivity index (χ1n) is 15.3. The average molecular weight is 632 g/mol. The molecule has 0 radical (unpaired) electrons. The molecular weight excluding hydrogens is 586 g/mol. The Bertz CT molecular complexity index is 1770. The largest absolute Gasteiger partial charge is 0.496 e. The highest BCUT2D eigenvalue weighted by Crippen LogP contribution is 2.40. The number of anilines is 1. The highest BCUT2D eigenvalue weighted by atomic mass is 32.2. The molecule has 0 bridgehead atoms. The van der Waals surface area contributed by atoms with E-state index in [9.17, 15) is 8.42 Å². The summed E-state index contributed by atoms with van der Waals surface area (Å²) in [5.41, 5.74) is 12.5. The number of nitrogens with zero attached hydrogens (tertiary/aromatic N) is 2. The molecule has 0 spiro atoms.